The average molecular weight is 258 g/mol. The first kappa shape index (κ1) is 14.4. The van der Waals surface area contributed by atoms with Crippen LogP contribution in [0.25, 0.3) is 0 Å². The molecule has 0 unspecified atom stereocenters. The first-order chi connectivity index (χ1) is 8.22. The highest BCUT2D eigenvalue weighted by Crippen LogP contribution is 2.26. The lowest BCUT2D eigenvalue weighted by Gasteiger charge is -2.14. The Hall–Kier alpha value is -0.650. The molecule has 1 aromatic rings. The molecule has 1 rings (SSSR count). The van der Waals surface area contributed by atoms with Crippen LogP contribution in [0.5, 0.6) is 0 Å². The van der Waals surface area contributed by atoms with Crippen molar-refractivity contribution in [2.24, 2.45) is 0 Å². The molecule has 4 nitrogen and oxygen atoms in total. The first-order valence-corrected chi connectivity index (χ1v) is 6.92. The zero-order chi connectivity index (χ0) is 12.7. The predicted molar refractivity (Wildman–Crippen MR) is 71.8 cm³/mol. The lowest BCUT2D eigenvalue weighted by atomic mass is 10.2. The molecule has 1 N–H and O–H groups in total. The molecule has 0 aliphatic heterocycles. The van der Waals surface area contributed by atoms with E-state index in [0.717, 1.165) is 41.7 Å². The summed E-state index contributed by atoms with van der Waals surface area (Å²) >= 11 is 1.57. The van der Waals surface area contributed by atoms with E-state index in [1.165, 1.54) is 0 Å². The summed E-state index contributed by atoms with van der Waals surface area (Å²) < 4.78 is 5.32. The van der Waals surface area contributed by atoms with Crippen molar-refractivity contribution in [3.8, 4) is 0 Å². The molecule has 0 spiro atoms. The summed E-state index contributed by atoms with van der Waals surface area (Å²) in [5, 5.41) is 10.3. The van der Waals surface area contributed by atoms with E-state index in [1.54, 1.807) is 11.3 Å². The fraction of sp³-hybridized carbons (Fsp3) is 0.750. The van der Waals surface area contributed by atoms with Gasteiger partial charge < -0.3 is 14.7 Å². The van der Waals surface area contributed by atoms with Crippen LogP contribution in [0.3, 0.4) is 0 Å². The number of aliphatic hydroxyl groups excluding tert-OH is 1. The van der Waals surface area contributed by atoms with Crippen LogP contribution in [-0.2, 0) is 17.8 Å². The van der Waals surface area contributed by atoms with Crippen LogP contribution < -0.4 is 4.90 Å². The summed E-state index contributed by atoms with van der Waals surface area (Å²) in [6, 6.07) is 0. The average Bonchev–Trinajstić information content (AvgIpc) is 2.73. The van der Waals surface area contributed by atoms with Crippen LogP contribution in [0.4, 0.5) is 5.13 Å². The lowest BCUT2D eigenvalue weighted by molar-refractivity contribution is 0.154. The number of nitrogens with zero attached hydrogens (tertiary/aromatic N) is 2. The van der Waals surface area contributed by atoms with Crippen molar-refractivity contribution in [3.05, 3.63) is 10.6 Å². The van der Waals surface area contributed by atoms with Gasteiger partial charge in [0.05, 0.1) is 23.8 Å². The highest BCUT2D eigenvalue weighted by Gasteiger charge is 2.12. The molecular formula is C12H22N2O2S. The Morgan fingerprint density at radius 3 is 2.76 bits per heavy atom. The SMILES string of the molecule is CCCc1nc(N(C)CCOCC)sc1CO. The minimum Gasteiger partial charge on any atom is -0.391 e. The van der Waals surface area contributed by atoms with Crippen molar-refractivity contribution in [1.82, 2.24) is 4.98 Å². The minimum absolute atomic E-state index is 0.0896. The summed E-state index contributed by atoms with van der Waals surface area (Å²) in [4.78, 5) is 7.65. The fourth-order valence-corrected chi connectivity index (χ4v) is 2.48. The highest BCUT2D eigenvalue weighted by molar-refractivity contribution is 7.15. The third-order valence-electron chi connectivity index (χ3n) is 2.50. The van der Waals surface area contributed by atoms with Gasteiger partial charge in [-0.2, -0.15) is 0 Å². The monoisotopic (exact) mass is 258 g/mol. The van der Waals surface area contributed by atoms with Gasteiger partial charge in [-0.15, -0.1) is 0 Å². The van der Waals surface area contributed by atoms with E-state index in [0.29, 0.717) is 6.61 Å². The van der Waals surface area contributed by atoms with Crippen molar-refractivity contribution in [2.45, 2.75) is 33.3 Å². The molecule has 1 heterocycles. The summed E-state index contributed by atoms with van der Waals surface area (Å²) in [5.74, 6) is 0. The van der Waals surface area contributed by atoms with Crippen LogP contribution in [0.2, 0.25) is 0 Å². The smallest absolute Gasteiger partial charge is 0.185 e. The van der Waals surface area contributed by atoms with Gasteiger partial charge in [-0.05, 0) is 13.3 Å². The van der Waals surface area contributed by atoms with Crippen LogP contribution in [0, 0.1) is 0 Å². The minimum atomic E-state index is 0.0896. The molecule has 0 saturated heterocycles. The van der Waals surface area contributed by atoms with Gasteiger partial charge in [0.15, 0.2) is 5.13 Å². The maximum atomic E-state index is 9.28. The molecule has 0 fully saturated rings. The lowest BCUT2D eigenvalue weighted by Crippen LogP contribution is -2.22. The number of rotatable bonds is 8. The summed E-state index contributed by atoms with van der Waals surface area (Å²) in [5.41, 5.74) is 1.04. The van der Waals surface area contributed by atoms with E-state index < -0.39 is 0 Å². The number of anilines is 1. The third-order valence-corrected chi connectivity index (χ3v) is 3.70. The number of aromatic nitrogens is 1. The second-order valence-electron chi connectivity index (χ2n) is 3.89. The van der Waals surface area contributed by atoms with E-state index in [1.807, 2.05) is 14.0 Å². The molecule has 0 radical (unpaired) electrons. The van der Waals surface area contributed by atoms with Crippen molar-refractivity contribution in [3.63, 3.8) is 0 Å². The zero-order valence-electron chi connectivity index (χ0n) is 10.9. The van der Waals surface area contributed by atoms with Gasteiger partial charge in [-0.25, -0.2) is 4.98 Å². The molecule has 0 saturated carbocycles. The van der Waals surface area contributed by atoms with E-state index in [2.05, 4.69) is 16.8 Å². The third kappa shape index (κ3) is 4.26. The molecule has 0 bridgehead atoms. The van der Waals surface area contributed by atoms with Crippen LogP contribution >= 0.6 is 11.3 Å². The van der Waals surface area contributed by atoms with E-state index in [4.69, 9.17) is 4.74 Å². The number of thiazole rings is 1. The van der Waals surface area contributed by atoms with Crippen molar-refractivity contribution >= 4 is 16.5 Å². The number of hydrogen-bond donors (Lipinski definition) is 1. The number of aliphatic hydroxyl groups is 1. The van der Waals surface area contributed by atoms with Crippen molar-refractivity contribution < 1.29 is 9.84 Å². The highest BCUT2D eigenvalue weighted by atomic mass is 32.1. The second kappa shape index (κ2) is 7.63. The fourth-order valence-electron chi connectivity index (χ4n) is 1.53. The molecule has 0 atom stereocenters. The summed E-state index contributed by atoms with van der Waals surface area (Å²) in [6.07, 6.45) is 1.99. The zero-order valence-corrected chi connectivity index (χ0v) is 11.7. The molecule has 5 heteroatoms. The molecule has 0 aromatic carbocycles. The molecule has 98 valence electrons. The van der Waals surface area contributed by atoms with Gasteiger partial charge in [-0.3, -0.25) is 0 Å². The Kier molecular flexibility index (Phi) is 6.47. The maximum absolute atomic E-state index is 9.28. The molecule has 17 heavy (non-hydrogen) atoms. The van der Waals surface area contributed by atoms with Gasteiger partial charge in [0, 0.05) is 20.2 Å². The Bertz CT molecular complexity index is 328. The summed E-state index contributed by atoms with van der Waals surface area (Å²) in [6.45, 7) is 6.49. The molecular weight excluding hydrogens is 236 g/mol. The Morgan fingerprint density at radius 1 is 1.41 bits per heavy atom. The number of aryl methyl sites for hydroxylation is 1. The van der Waals surface area contributed by atoms with Crippen molar-refractivity contribution in [2.75, 3.05) is 31.7 Å². The van der Waals surface area contributed by atoms with E-state index in [-0.39, 0.29) is 6.61 Å². The normalized spacial score (nSPS) is 10.8. The Balaban J connectivity index is 2.63. The largest absolute Gasteiger partial charge is 0.391 e. The number of likely N-dealkylation sites (N-methyl/N-ethyl adjacent to an activating group) is 1. The molecule has 1 aromatic heterocycles. The van der Waals surface area contributed by atoms with Crippen LogP contribution in [0.15, 0.2) is 0 Å². The standard InChI is InChI=1S/C12H22N2O2S/c1-4-6-10-11(9-15)17-12(13-10)14(3)7-8-16-5-2/h15H,4-9H2,1-3H3. The topological polar surface area (TPSA) is 45.6 Å². The van der Waals surface area contributed by atoms with E-state index >= 15 is 0 Å². The van der Waals surface area contributed by atoms with E-state index in [9.17, 15) is 5.11 Å². The van der Waals surface area contributed by atoms with Crippen LogP contribution in [-0.4, -0.2) is 36.9 Å². The molecule has 0 amide bonds. The van der Waals surface area contributed by atoms with Gasteiger partial charge in [0.25, 0.3) is 0 Å². The first-order valence-electron chi connectivity index (χ1n) is 6.11. The molecule has 0 aliphatic carbocycles. The summed E-state index contributed by atoms with van der Waals surface area (Å²) in [7, 11) is 2.01. The van der Waals surface area contributed by atoms with Crippen LogP contribution in [0.1, 0.15) is 30.8 Å². The number of ether oxygens (including phenoxy) is 1. The number of hydrogen-bond acceptors (Lipinski definition) is 5. The molecule has 0 aliphatic rings. The Morgan fingerprint density at radius 2 is 2.18 bits per heavy atom. The predicted octanol–water partition coefficient (Wildman–Crippen LogP) is 2.06. The van der Waals surface area contributed by atoms with Gasteiger partial charge >= 0.3 is 0 Å². The maximum Gasteiger partial charge on any atom is 0.185 e. The van der Waals surface area contributed by atoms with Crippen molar-refractivity contribution in [1.29, 1.82) is 0 Å². The van der Waals surface area contributed by atoms with Gasteiger partial charge in [-0.1, -0.05) is 24.7 Å². The van der Waals surface area contributed by atoms with Gasteiger partial charge in [0.1, 0.15) is 0 Å². The second-order valence-corrected chi connectivity index (χ2v) is 4.95. The quantitative estimate of drug-likeness (QED) is 0.725. The Labute approximate surface area is 107 Å². The van der Waals surface area contributed by atoms with Gasteiger partial charge in [0.2, 0.25) is 0 Å².